The van der Waals surface area contributed by atoms with E-state index in [1.165, 1.54) is 5.57 Å². The minimum atomic E-state index is -1.64. The Morgan fingerprint density at radius 3 is 2.18 bits per heavy atom. The highest BCUT2D eigenvalue weighted by atomic mass is 16.6. The average molecular weight is 810 g/mol. The van der Waals surface area contributed by atoms with Gasteiger partial charge in [-0.25, -0.2) is 0 Å². The van der Waals surface area contributed by atoms with E-state index >= 15 is 4.79 Å². The van der Waals surface area contributed by atoms with Crippen molar-refractivity contribution in [3.8, 4) is 17.2 Å². The van der Waals surface area contributed by atoms with Crippen LogP contribution in [0.15, 0.2) is 101 Å². The first-order chi connectivity index (χ1) is 28.5. The minimum Gasteiger partial charge on any atom is -0.506 e. The van der Waals surface area contributed by atoms with Gasteiger partial charge in [-0.2, -0.15) is 0 Å². The highest BCUT2D eigenvalue weighted by molar-refractivity contribution is 6.19. The fourth-order valence-corrected chi connectivity index (χ4v) is 10.00. The van der Waals surface area contributed by atoms with Crippen LogP contribution >= 0.6 is 0 Å². The van der Waals surface area contributed by atoms with Gasteiger partial charge in [-0.05, 0) is 117 Å². The summed E-state index contributed by atoms with van der Waals surface area (Å²) in [6, 6.07) is 11.2. The summed E-state index contributed by atoms with van der Waals surface area (Å²) in [6.07, 6.45) is 17.2. The van der Waals surface area contributed by atoms with Gasteiger partial charge in [-0.15, -0.1) is 0 Å². The number of ether oxygens (including phenoxy) is 3. The third-order valence-electron chi connectivity index (χ3n) is 12.9. The Kier molecular flexibility index (Phi) is 10.4. The quantitative estimate of drug-likeness (QED) is 0.141. The van der Waals surface area contributed by atoms with Gasteiger partial charge < -0.3 is 24.2 Å². The number of phenolic OH excluding ortho intramolecular Hbond substituents is 1. The van der Waals surface area contributed by atoms with Crippen molar-refractivity contribution in [3.05, 3.63) is 130 Å². The second-order valence-electron chi connectivity index (χ2n) is 18.3. The fraction of sp³-hybridized carbons (Fsp3) is 0.420. The molecule has 5 heterocycles. The van der Waals surface area contributed by atoms with Crippen LogP contribution in [0.1, 0.15) is 114 Å². The van der Waals surface area contributed by atoms with Crippen LogP contribution in [-0.4, -0.2) is 59.9 Å². The first-order valence-electron chi connectivity index (χ1n) is 21.0. The topological polar surface area (TPSA) is 128 Å². The number of benzene rings is 1. The van der Waals surface area contributed by atoms with E-state index in [1.54, 1.807) is 36.4 Å². The number of allylic oxidation sites excluding steroid dienone is 5. The van der Waals surface area contributed by atoms with Gasteiger partial charge in [-0.3, -0.25) is 24.4 Å². The van der Waals surface area contributed by atoms with Gasteiger partial charge in [-0.1, -0.05) is 47.6 Å². The zero-order valence-electron chi connectivity index (χ0n) is 35.9. The number of nitrogens with zero attached hydrogens (tertiary/aromatic N) is 3. The maximum atomic E-state index is 15.2. The molecule has 1 N–H and O–H groups in total. The molecule has 4 bridgehead atoms. The predicted molar refractivity (Wildman–Crippen MR) is 229 cm³/mol. The van der Waals surface area contributed by atoms with E-state index in [4.69, 9.17) is 14.2 Å². The van der Waals surface area contributed by atoms with Crippen molar-refractivity contribution in [2.45, 2.75) is 123 Å². The summed E-state index contributed by atoms with van der Waals surface area (Å²) in [6.45, 7) is 16.3. The lowest BCUT2D eigenvalue weighted by atomic mass is 9.51. The lowest BCUT2D eigenvalue weighted by molar-refractivity contribution is -0.171. The second-order valence-corrected chi connectivity index (χ2v) is 18.3. The Labute approximate surface area is 352 Å². The van der Waals surface area contributed by atoms with Crippen molar-refractivity contribution in [1.29, 1.82) is 0 Å². The predicted octanol–water partition coefficient (Wildman–Crippen LogP) is 9.17. The van der Waals surface area contributed by atoms with Crippen LogP contribution in [-0.2, 0) is 33.8 Å². The van der Waals surface area contributed by atoms with Gasteiger partial charge >= 0.3 is 0 Å². The Morgan fingerprint density at radius 2 is 1.57 bits per heavy atom. The maximum Gasteiger partial charge on any atom is 0.249 e. The van der Waals surface area contributed by atoms with Crippen LogP contribution in [0.25, 0.3) is 6.08 Å². The third kappa shape index (κ3) is 6.73. The standard InChI is InChI=1S/C50H55N3O7/c1-30(2)14-13-21-48(8)22-20-36-41(54)40-42(55)38-26-33-27-39-47(6,7)60-49(45(33)56,50(38,39)59-44(40)37(43(36)58-48)18-17-31(3)4)23-19-32(5)46(57)53(28-34-15-9-11-24-51-34)29-35-16-10-12-25-52-35/h9-12,14-17,19-20,22,24-26,33,39,54H,13,18,21,23,27-29H2,1-8H3/b32-19-. The molecule has 9 rings (SSSR count). The van der Waals surface area contributed by atoms with Crippen LogP contribution in [0.4, 0.5) is 0 Å². The number of pyridine rings is 2. The molecule has 2 aromatic heterocycles. The SMILES string of the molecule is CC(C)=CCCC1(C)C=Cc2c(O)c3c(c(CC=C(C)C)c2O1)OC12C(=CC4CC1C(C)(C)OC2(C/C=C(/C)C(=O)N(Cc1ccccn1)Cc1ccccn1)C4=O)C3=O. The van der Waals surface area contributed by atoms with Gasteiger partial charge in [0.15, 0.2) is 22.8 Å². The number of fused-ring (bicyclic) bond motifs is 2. The van der Waals surface area contributed by atoms with Gasteiger partial charge in [0.05, 0.1) is 35.6 Å². The average Bonchev–Trinajstić information content (AvgIpc) is 3.36. The van der Waals surface area contributed by atoms with E-state index in [1.807, 2.05) is 83.2 Å². The summed E-state index contributed by atoms with van der Waals surface area (Å²) in [5, 5.41) is 12.1. The first kappa shape index (κ1) is 41.1. The van der Waals surface area contributed by atoms with E-state index in [0.29, 0.717) is 47.3 Å². The van der Waals surface area contributed by atoms with Crippen LogP contribution in [0.5, 0.6) is 17.2 Å². The molecule has 0 radical (unpaired) electrons. The number of Topliss-reactive ketones (excluding diaryl/α,β-unsaturated/α-hetero) is 2. The molecule has 1 saturated heterocycles. The molecule has 10 heteroatoms. The fourth-order valence-electron chi connectivity index (χ4n) is 10.00. The number of ketones is 2. The number of phenols is 1. The van der Waals surface area contributed by atoms with Crippen molar-refractivity contribution < 1.29 is 33.7 Å². The molecular formula is C50H55N3O7. The monoisotopic (exact) mass is 809 g/mol. The smallest absolute Gasteiger partial charge is 0.249 e. The highest BCUT2D eigenvalue weighted by Crippen LogP contribution is 2.68. The molecule has 3 aromatic rings. The molecule has 312 valence electrons. The van der Waals surface area contributed by atoms with Crippen LogP contribution < -0.4 is 9.47 Å². The number of aromatic nitrogens is 2. The molecule has 1 saturated carbocycles. The molecule has 1 amide bonds. The van der Waals surface area contributed by atoms with E-state index in [-0.39, 0.29) is 54.0 Å². The lowest BCUT2D eigenvalue weighted by Gasteiger charge is -2.56. The lowest BCUT2D eigenvalue weighted by Crippen LogP contribution is -2.72. The number of hydrogen-bond acceptors (Lipinski definition) is 9. The van der Waals surface area contributed by atoms with Crippen LogP contribution in [0.3, 0.4) is 0 Å². The molecule has 6 aliphatic rings. The summed E-state index contributed by atoms with van der Waals surface area (Å²) < 4.78 is 21.3. The molecule has 2 fully saturated rings. The molecule has 60 heavy (non-hydrogen) atoms. The van der Waals surface area contributed by atoms with Gasteiger partial charge in [0.2, 0.25) is 5.91 Å². The Balaban J connectivity index is 1.23. The van der Waals surface area contributed by atoms with E-state index in [9.17, 15) is 14.7 Å². The molecule has 3 aliphatic heterocycles. The summed E-state index contributed by atoms with van der Waals surface area (Å²) >= 11 is 0. The molecular weight excluding hydrogens is 755 g/mol. The second kappa shape index (κ2) is 15.1. The summed E-state index contributed by atoms with van der Waals surface area (Å²) in [5.74, 6) is -1.35. The maximum absolute atomic E-state index is 15.2. The number of amides is 1. The van der Waals surface area contributed by atoms with Gasteiger partial charge in [0.1, 0.15) is 28.4 Å². The molecule has 1 spiro atoms. The van der Waals surface area contributed by atoms with E-state index in [0.717, 1.165) is 23.4 Å². The van der Waals surface area contributed by atoms with Gasteiger partial charge in [0.25, 0.3) is 0 Å². The zero-order chi connectivity index (χ0) is 42.8. The first-order valence-corrected chi connectivity index (χ1v) is 21.0. The number of aromatic hydroxyl groups is 1. The molecule has 5 unspecified atom stereocenters. The van der Waals surface area contributed by atoms with E-state index in [2.05, 4.69) is 36.0 Å². The highest BCUT2D eigenvalue weighted by Gasteiger charge is 2.81. The largest absolute Gasteiger partial charge is 0.506 e. The summed E-state index contributed by atoms with van der Waals surface area (Å²) in [7, 11) is 0. The van der Waals surface area contributed by atoms with Crippen molar-refractivity contribution >= 4 is 23.5 Å². The van der Waals surface area contributed by atoms with Crippen molar-refractivity contribution in [2.24, 2.45) is 11.8 Å². The molecule has 1 aromatic carbocycles. The summed E-state index contributed by atoms with van der Waals surface area (Å²) in [5.41, 5.74) is 0.817. The summed E-state index contributed by atoms with van der Waals surface area (Å²) in [4.78, 5) is 55.2. The number of carbonyl (C=O) groups is 3. The zero-order valence-corrected chi connectivity index (χ0v) is 35.9. The normalized spacial score (nSPS) is 26.5. The minimum absolute atomic E-state index is 0.0112. The molecule has 5 atom stereocenters. The van der Waals surface area contributed by atoms with E-state index < -0.39 is 34.2 Å². The Morgan fingerprint density at radius 1 is 0.900 bits per heavy atom. The number of hydrogen-bond donors (Lipinski definition) is 1. The third-order valence-corrected chi connectivity index (χ3v) is 12.9. The Hall–Kier alpha value is -5.61. The van der Waals surface area contributed by atoms with Gasteiger partial charge in [0, 0.05) is 47.4 Å². The van der Waals surface area contributed by atoms with Crippen LogP contribution in [0.2, 0.25) is 0 Å². The Bertz CT molecular complexity index is 2380. The van der Waals surface area contributed by atoms with Crippen molar-refractivity contribution in [3.63, 3.8) is 0 Å². The molecule has 3 aliphatic carbocycles. The number of rotatable bonds is 12. The van der Waals surface area contributed by atoms with Crippen molar-refractivity contribution in [1.82, 2.24) is 14.9 Å². The molecule has 10 nitrogen and oxygen atoms in total. The van der Waals surface area contributed by atoms with Crippen LogP contribution in [0, 0.1) is 11.8 Å². The number of carbonyl (C=O) groups excluding carboxylic acids is 3. The van der Waals surface area contributed by atoms with Crippen molar-refractivity contribution in [2.75, 3.05) is 0 Å².